The minimum absolute atomic E-state index is 0.120. The van der Waals surface area contributed by atoms with Crippen LogP contribution in [0.2, 0.25) is 0 Å². The van der Waals surface area contributed by atoms with Crippen LogP contribution in [0.3, 0.4) is 0 Å². The third-order valence-corrected chi connectivity index (χ3v) is 2.90. The van der Waals surface area contributed by atoms with E-state index in [2.05, 4.69) is 4.98 Å². The van der Waals surface area contributed by atoms with Gasteiger partial charge < -0.3 is 9.52 Å². The van der Waals surface area contributed by atoms with E-state index in [1.165, 1.54) is 17.8 Å². The number of furan rings is 1. The second kappa shape index (κ2) is 4.94. The molecule has 0 unspecified atom stereocenters. The number of pyridine rings is 1. The molecule has 0 saturated heterocycles. The maximum Gasteiger partial charge on any atom is 0.371 e. The zero-order valence-corrected chi connectivity index (χ0v) is 10.2. The Balaban J connectivity index is 2.25. The largest absolute Gasteiger partial charge is 0.475 e. The molecule has 0 bridgehead atoms. The summed E-state index contributed by atoms with van der Waals surface area (Å²) in [6, 6.07) is 8.28. The van der Waals surface area contributed by atoms with Crippen molar-refractivity contribution in [1.29, 1.82) is 5.26 Å². The molecule has 1 N–H and O–H groups in total. The van der Waals surface area contributed by atoms with Crippen molar-refractivity contribution in [2.75, 3.05) is 0 Å². The molecule has 6 heteroatoms. The summed E-state index contributed by atoms with van der Waals surface area (Å²) in [5.41, 5.74) is 1.23. The van der Waals surface area contributed by atoms with Crippen LogP contribution < -0.4 is 0 Å². The second-order valence-electron chi connectivity index (χ2n) is 3.47. The zero-order chi connectivity index (χ0) is 13.1. The first kappa shape index (κ1) is 12.2. The van der Waals surface area contributed by atoms with Gasteiger partial charge in [-0.1, -0.05) is 0 Å². The fourth-order valence-corrected chi connectivity index (χ4v) is 2.20. The molecule has 0 aliphatic heterocycles. The molecule has 0 atom stereocenters. The van der Waals surface area contributed by atoms with Gasteiger partial charge in [0.25, 0.3) is 0 Å². The number of aryl methyl sites for hydroxylation is 1. The van der Waals surface area contributed by atoms with E-state index in [1.807, 2.05) is 6.07 Å². The molecule has 0 radical (unpaired) electrons. The van der Waals surface area contributed by atoms with Crippen LogP contribution in [0.25, 0.3) is 0 Å². The molecular formula is C12H8N2O3S. The number of nitriles is 1. The normalized spacial score (nSPS) is 10.0. The Morgan fingerprint density at radius 2 is 2.28 bits per heavy atom. The van der Waals surface area contributed by atoms with Crippen molar-refractivity contribution in [3.05, 3.63) is 41.3 Å². The average Bonchev–Trinajstić information content (AvgIpc) is 2.76. The van der Waals surface area contributed by atoms with E-state index in [1.54, 1.807) is 25.1 Å². The van der Waals surface area contributed by atoms with Gasteiger partial charge >= 0.3 is 5.97 Å². The molecule has 2 aromatic rings. The first-order valence-corrected chi connectivity index (χ1v) is 5.80. The quantitative estimate of drug-likeness (QED) is 0.912. The van der Waals surface area contributed by atoms with Gasteiger partial charge in [-0.2, -0.15) is 5.26 Å². The fraction of sp³-hybridized carbons (Fsp3) is 0.0833. The zero-order valence-electron chi connectivity index (χ0n) is 9.38. The standard InChI is InChI=1S/C12H8N2O3S/c1-7-4-8(6-13)5-10(14-7)18-11-3-2-9(17-11)12(15)16/h2-5H,1H3,(H,15,16). The number of aromatic carboxylic acids is 1. The van der Waals surface area contributed by atoms with Gasteiger partial charge in [0.2, 0.25) is 5.76 Å². The van der Waals surface area contributed by atoms with Crippen LogP contribution in [0.4, 0.5) is 0 Å². The van der Waals surface area contributed by atoms with E-state index < -0.39 is 5.97 Å². The lowest BCUT2D eigenvalue weighted by Crippen LogP contribution is -1.91. The highest BCUT2D eigenvalue weighted by atomic mass is 32.2. The number of hydrogen-bond acceptors (Lipinski definition) is 5. The van der Waals surface area contributed by atoms with Crippen LogP contribution in [0.5, 0.6) is 0 Å². The molecule has 0 fully saturated rings. The molecule has 0 spiro atoms. The van der Waals surface area contributed by atoms with E-state index in [4.69, 9.17) is 14.8 Å². The number of nitrogens with zero attached hydrogens (tertiary/aromatic N) is 2. The minimum atomic E-state index is -1.11. The van der Waals surface area contributed by atoms with Gasteiger partial charge in [0.15, 0.2) is 5.09 Å². The molecule has 0 aliphatic rings. The lowest BCUT2D eigenvalue weighted by molar-refractivity contribution is 0.0656. The third kappa shape index (κ3) is 2.70. The maximum absolute atomic E-state index is 10.7. The number of aromatic nitrogens is 1. The van der Waals surface area contributed by atoms with Gasteiger partial charge in [0.1, 0.15) is 5.03 Å². The Labute approximate surface area is 107 Å². The third-order valence-electron chi connectivity index (χ3n) is 2.06. The Hall–Kier alpha value is -2.26. The van der Waals surface area contributed by atoms with Crippen LogP contribution in [0, 0.1) is 18.3 Å². The molecule has 18 heavy (non-hydrogen) atoms. The van der Waals surface area contributed by atoms with Crippen LogP contribution >= 0.6 is 11.8 Å². The number of carboxylic acids is 1. The molecule has 2 rings (SSSR count). The fourth-order valence-electron chi connectivity index (χ4n) is 1.35. The molecule has 5 nitrogen and oxygen atoms in total. The van der Waals surface area contributed by atoms with Crippen LogP contribution in [-0.2, 0) is 0 Å². The summed E-state index contributed by atoms with van der Waals surface area (Å²) in [5.74, 6) is -1.23. The predicted molar refractivity (Wildman–Crippen MR) is 63.5 cm³/mol. The highest BCUT2D eigenvalue weighted by Crippen LogP contribution is 2.28. The van der Waals surface area contributed by atoms with Crippen molar-refractivity contribution in [2.45, 2.75) is 17.0 Å². The first-order valence-electron chi connectivity index (χ1n) is 4.98. The highest BCUT2D eigenvalue weighted by molar-refractivity contribution is 7.99. The maximum atomic E-state index is 10.7. The van der Waals surface area contributed by atoms with Gasteiger partial charge in [-0.05, 0) is 43.0 Å². The Morgan fingerprint density at radius 3 is 2.89 bits per heavy atom. The summed E-state index contributed by atoms with van der Waals surface area (Å²) in [7, 11) is 0. The van der Waals surface area contributed by atoms with Crippen LogP contribution in [-0.4, -0.2) is 16.1 Å². The monoisotopic (exact) mass is 260 g/mol. The van der Waals surface area contributed by atoms with E-state index in [9.17, 15) is 4.79 Å². The van der Waals surface area contributed by atoms with E-state index in [-0.39, 0.29) is 5.76 Å². The van der Waals surface area contributed by atoms with Gasteiger partial charge in [-0.3, -0.25) is 0 Å². The number of rotatable bonds is 3. The van der Waals surface area contributed by atoms with Crippen molar-refractivity contribution in [1.82, 2.24) is 4.98 Å². The van der Waals surface area contributed by atoms with Gasteiger partial charge in [-0.15, -0.1) is 0 Å². The summed E-state index contributed by atoms with van der Waals surface area (Å²) in [4.78, 5) is 14.9. The van der Waals surface area contributed by atoms with Gasteiger partial charge in [0, 0.05) is 5.69 Å². The van der Waals surface area contributed by atoms with Gasteiger partial charge in [-0.25, -0.2) is 9.78 Å². The van der Waals surface area contributed by atoms with E-state index in [0.29, 0.717) is 15.7 Å². The number of hydrogen-bond donors (Lipinski definition) is 1. The summed E-state index contributed by atoms with van der Waals surface area (Å²) in [5, 5.41) is 18.6. The summed E-state index contributed by atoms with van der Waals surface area (Å²) in [6.45, 7) is 1.79. The topological polar surface area (TPSA) is 87.1 Å². The molecule has 2 aromatic heterocycles. The van der Waals surface area contributed by atoms with E-state index in [0.717, 1.165) is 5.69 Å². The molecule has 2 heterocycles. The lowest BCUT2D eigenvalue weighted by atomic mass is 10.2. The first-order chi connectivity index (χ1) is 8.58. The number of carbonyl (C=O) groups is 1. The van der Waals surface area contributed by atoms with Gasteiger partial charge in [0.05, 0.1) is 11.6 Å². The van der Waals surface area contributed by atoms with Crippen LogP contribution in [0.15, 0.2) is 38.8 Å². The summed E-state index contributed by atoms with van der Waals surface area (Å²) in [6.07, 6.45) is 0. The van der Waals surface area contributed by atoms with Crippen molar-refractivity contribution < 1.29 is 14.3 Å². The highest BCUT2D eigenvalue weighted by Gasteiger charge is 2.11. The van der Waals surface area contributed by atoms with Crippen molar-refractivity contribution in [3.8, 4) is 6.07 Å². The molecule has 0 saturated carbocycles. The van der Waals surface area contributed by atoms with Crippen LogP contribution in [0.1, 0.15) is 21.8 Å². The Morgan fingerprint density at radius 1 is 1.50 bits per heavy atom. The summed E-state index contributed by atoms with van der Waals surface area (Å²) >= 11 is 1.18. The smallest absolute Gasteiger partial charge is 0.371 e. The lowest BCUT2D eigenvalue weighted by Gasteiger charge is -2.00. The molecular weight excluding hydrogens is 252 g/mol. The summed E-state index contributed by atoms with van der Waals surface area (Å²) < 4.78 is 5.10. The molecule has 0 aliphatic carbocycles. The Kier molecular flexibility index (Phi) is 3.35. The number of carboxylic acid groups (broad SMARTS) is 1. The predicted octanol–water partition coefficient (Wildman–Crippen LogP) is 2.70. The van der Waals surface area contributed by atoms with Crippen molar-refractivity contribution in [3.63, 3.8) is 0 Å². The van der Waals surface area contributed by atoms with E-state index >= 15 is 0 Å². The molecule has 0 amide bonds. The van der Waals surface area contributed by atoms with Crippen molar-refractivity contribution >= 4 is 17.7 Å². The minimum Gasteiger partial charge on any atom is -0.475 e. The second-order valence-corrected chi connectivity index (χ2v) is 4.50. The van der Waals surface area contributed by atoms with Crippen molar-refractivity contribution in [2.24, 2.45) is 0 Å². The Bertz CT molecular complexity index is 643. The average molecular weight is 260 g/mol. The SMILES string of the molecule is Cc1cc(C#N)cc(Sc2ccc(C(=O)O)o2)n1. The molecule has 90 valence electrons. The molecule has 0 aromatic carbocycles.